The molecule has 10 heteroatoms. The third-order valence-corrected chi connectivity index (χ3v) is 5.85. The van der Waals surface area contributed by atoms with Crippen molar-refractivity contribution in [1.29, 1.82) is 0 Å². The minimum Gasteiger partial charge on any atom is -0.349 e. The van der Waals surface area contributed by atoms with Crippen molar-refractivity contribution in [3.63, 3.8) is 0 Å². The zero-order valence-corrected chi connectivity index (χ0v) is 18.2. The highest BCUT2D eigenvalue weighted by atomic mass is 35.5. The van der Waals surface area contributed by atoms with Crippen molar-refractivity contribution in [2.45, 2.75) is 31.6 Å². The second-order valence-electron chi connectivity index (χ2n) is 7.94. The Bertz CT molecular complexity index is 1100. The Hall–Kier alpha value is -2.91. The van der Waals surface area contributed by atoms with Gasteiger partial charge in [0.2, 0.25) is 0 Å². The highest BCUT2D eigenvalue weighted by Crippen LogP contribution is 2.34. The Morgan fingerprint density at radius 2 is 1.70 bits per heavy atom. The summed E-state index contributed by atoms with van der Waals surface area (Å²) in [5.41, 5.74) is -0.523. The fourth-order valence-corrected chi connectivity index (χ4v) is 4.04. The van der Waals surface area contributed by atoms with Gasteiger partial charge in [0.1, 0.15) is 5.82 Å². The molecule has 0 unspecified atom stereocenters. The second kappa shape index (κ2) is 9.52. The molecule has 5 nitrogen and oxygen atoms in total. The van der Waals surface area contributed by atoms with Gasteiger partial charge in [-0.15, -0.1) is 0 Å². The molecule has 0 spiro atoms. The molecule has 4 rings (SSSR count). The Morgan fingerprint density at radius 3 is 2.30 bits per heavy atom. The summed E-state index contributed by atoms with van der Waals surface area (Å²) in [7, 11) is 0. The summed E-state index contributed by atoms with van der Waals surface area (Å²) in [6.07, 6.45) is -2.64. The third kappa shape index (κ3) is 5.54. The molecule has 0 atom stereocenters. The molecule has 2 heterocycles. The molecule has 1 aliphatic heterocycles. The maximum atomic E-state index is 13.8. The average molecular weight is 481 g/mol. The molecule has 0 radical (unpaired) electrons. The lowest BCUT2D eigenvalue weighted by atomic mass is 10.0. The fraction of sp³-hybridized carbons (Fsp3) is 0.304. The lowest BCUT2D eigenvalue weighted by molar-refractivity contribution is -0.143. The summed E-state index contributed by atoms with van der Waals surface area (Å²) < 4.78 is 55.3. The van der Waals surface area contributed by atoms with Gasteiger partial charge in [-0.2, -0.15) is 18.3 Å². The Morgan fingerprint density at radius 1 is 1.06 bits per heavy atom. The molecular formula is C23H21ClF4N4O. The number of nitrogens with zero attached hydrogens (tertiary/aromatic N) is 3. The van der Waals surface area contributed by atoms with Gasteiger partial charge >= 0.3 is 6.18 Å². The molecule has 1 N–H and O–H groups in total. The Labute approximate surface area is 193 Å². The molecule has 3 aromatic rings. The van der Waals surface area contributed by atoms with Gasteiger partial charge in [0.15, 0.2) is 5.69 Å². The van der Waals surface area contributed by atoms with Crippen molar-refractivity contribution >= 4 is 17.5 Å². The van der Waals surface area contributed by atoms with E-state index in [0.29, 0.717) is 42.2 Å². The van der Waals surface area contributed by atoms with Crippen LogP contribution in [0.4, 0.5) is 17.6 Å². The van der Waals surface area contributed by atoms with E-state index in [1.807, 2.05) is 0 Å². The number of rotatable bonds is 5. The fourth-order valence-electron chi connectivity index (χ4n) is 3.91. The Kier molecular flexibility index (Phi) is 6.71. The van der Waals surface area contributed by atoms with Crippen LogP contribution in [0.25, 0.3) is 5.69 Å². The van der Waals surface area contributed by atoms with Crippen LogP contribution < -0.4 is 5.32 Å². The van der Waals surface area contributed by atoms with Crippen molar-refractivity contribution in [1.82, 2.24) is 20.0 Å². The molecule has 174 valence electrons. The van der Waals surface area contributed by atoms with Gasteiger partial charge in [-0.3, -0.25) is 9.69 Å². The first-order valence-electron chi connectivity index (χ1n) is 10.4. The van der Waals surface area contributed by atoms with Gasteiger partial charge in [0.05, 0.1) is 17.4 Å². The summed E-state index contributed by atoms with van der Waals surface area (Å²) in [5, 5.41) is 6.92. The van der Waals surface area contributed by atoms with Crippen LogP contribution in [0.5, 0.6) is 0 Å². The second-order valence-corrected chi connectivity index (χ2v) is 8.38. The number of nitrogens with one attached hydrogen (secondary N) is 1. The van der Waals surface area contributed by atoms with E-state index in [-0.39, 0.29) is 17.5 Å². The molecule has 33 heavy (non-hydrogen) atoms. The average Bonchev–Trinajstić information content (AvgIpc) is 3.23. The summed E-state index contributed by atoms with van der Waals surface area (Å²) in [6, 6.07) is 11.7. The number of carbonyl (C=O) groups is 1. The van der Waals surface area contributed by atoms with Crippen LogP contribution in [0, 0.1) is 5.82 Å². The van der Waals surface area contributed by atoms with Crippen LogP contribution >= 0.6 is 11.6 Å². The van der Waals surface area contributed by atoms with E-state index in [2.05, 4.69) is 15.3 Å². The van der Waals surface area contributed by atoms with Crippen molar-refractivity contribution < 1.29 is 22.4 Å². The summed E-state index contributed by atoms with van der Waals surface area (Å²) >= 11 is 5.82. The number of likely N-dealkylation sites (tertiary alicyclic amines) is 1. The van der Waals surface area contributed by atoms with Crippen LogP contribution in [-0.2, 0) is 12.7 Å². The number of amides is 1. The number of carbonyl (C=O) groups excluding carboxylic acids is 1. The number of halogens is 5. The molecule has 1 aromatic heterocycles. The normalized spacial score (nSPS) is 15.5. The van der Waals surface area contributed by atoms with Gasteiger partial charge in [-0.25, -0.2) is 9.07 Å². The van der Waals surface area contributed by atoms with E-state index < -0.39 is 23.3 Å². The molecule has 1 aliphatic rings. The van der Waals surface area contributed by atoms with E-state index in [9.17, 15) is 22.4 Å². The first-order valence-corrected chi connectivity index (χ1v) is 10.8. The largest absolute Gasteiger partial charge is 0.434 e. The number of hydrogen-bond acceptors (Lipinski definition) is 3. The van der Waals surface area contributed by atoms with Crippen LogP contribution in [0.3, 0.4) is 0 Å². The molecule has 0 bridgehead atoms. The molecule has 1 saturated heterocycles. The topological polar surface area (TPSA) is 50.2 Å². The maximum absolute atomic E-state index is 13.8. The van der Waals surface area contributed by atoms with Gasteiger partial charge < -0.3 is 5.32 Å². The molecule has 0 saturated carbocycles. The summed E-state index contributed by atoms with van der Waals surface area (Å²) in [5.74, 6) is -1.10. The van der Waals surface area contributed by atoms with Crippen molar-refractivity contribution in [2.24, 2.45) is 0 Å². The van der Waals surface area contributed by atoms with Crippen molar-refractivity contribution in [3.8, 4) is 5.69 Å². The van der Waals surface area contributed by atoms with E-state index in [1.54, 1.807) is 12.1 Å². The van der Waals surface area contributed by atoms with Crippen molar-refractivity contribution in [2.75, 3.05) is 13.1 Å². The maximum Gasteiger partial charge on any atom is 0.434 e. The van der Waals surface area contributed by atoms with E-state index in [0.717, 1.165) is 11.8 Å². The van der Waals surface area contributed by atoms with E-state index in [4.69, 9.17) is 11.6 Å². The number of piperidine rings is 1. The van der Waals surface area contributed by atoms with Crippen LogP contribution in [0.15, 0.2) is 54.7 Å². The predicted octanol–water partition coefficient (Wildman–Crippen LogP) is 5.08. The Balaban J connectivity index is 1.42. The zero-order chi connectivity index (χ0) is 23.6. The minimum absolute atomic E-state index is 0.153. The van der Waals surface area contributed by atoms with Gasteiger partial charge in [0.25, 0.3) is 5.91 Å². The quantitative estimate of drug-likeness (QED) is 0.518. The molecule has 1 amide bonds. The van der Waals surface area contributed by atoms with E-state index >= 15 is 0 Å². The van der Waals surface area contributed by atoms with Gasteiger partial charge in [-0.1, -0.05) is 23.7 Å². The van der Waals surface area contributed by atoms with Gasteiger partial charge in [-0.05, 0) is 54.8 Å². The molecular weight excluding hydrogens is 460 g/mol. The van der Waals surface area contributed by atoms with Crippen LogP contribution in [0.1, 0.15) is 34.5 Å². The van der Waals surface area contributed by atoms with Crippen molar-refractivity contribution in [3.05, 3.63) is 82.4 Å². The number of alkyl halides is 3. The summed E-state index contributed by atoms with van der Waals surface area (Å²) in [4.78, 5) is 14.9. The highest BCUT2D eigenvalue weighted by molar-refractivity contribution is 6.30. The standard InChI is InChI=1S/C23H21ClF4N4O/c24-16-3-7-19(8-4-16)32-21(23(26,27)28)20(13-29-32)22(33)30-18-9-11-31(12-10-18)14-15-1-5-17(25)6-2-15/h1-8,13,18H,9-12,14H2,(H,30,33). The number of benzene rings is 2. The highest BCUT2D eigenvalue weighted by Gasteiger charge is 2.41. The number of hydrogen-bond donors (Lipinski definition) is 1. The predicted molar refractivity (Wildman–Crippen MR) is 116 cm³/mol. The first kappa shape index (κ1) is 23.3. The monoisotopic (exact) mass is 480 g/mol. The first-order chi connectivity index (χ1) is 15.7. The van der Waals surface area contributed by atoms with Crippen LogP contribution in [-0.4, -0.2) is 39.7 Å². The zero-order valence-electron chi connectivity index (χ0n) is 17.4. The van der Waals surface area contributed by atoms with Crippen LogP contribution in [0.2, 0.25) is 5.02 Å². The van der Waals surface area contributed by atoms with Gasteiger partial charge in [0, 0.05) is 30.7 Å². The SMILES string of the molecule is O=C(NC1CCN(Cc2ccc(F)cc2)CC1)c1cnn(-c2ccc(Cl)cc2)c1C(F)(F)F. The number of aromatic nitrogens is 2. The molecule has 1 fully saturated rings. The molecule has 0 aliphatic carbocycles. The lowest BCUT2D eigenvalue weighted by Crippen LogP contribution is -2.44. The smallest absolute Gasteiger partial charge is 0.349 e. The third-order valence-electron chi connectivity index (χ3n) is 5.60. The summed E-state index contributed by atoms with van der Waals surface area (Å²) in [6.45, 7) is 1.98. The minimum atomic E-state index is -4.78. The lowest BCUT2D eigenvalue weighted by Gasteiger charge is -2.32. The molecule has 2 aromatic carbocycles. The van der Waals surface area contributed by atoms with E-state index in [1.165, 1.54) is 36.4 Å².